The Labute approximate surface area is 263 Å². The fraction of sp³-hybridized carbons (Fsp3) is 0.417. The van der Waals surface area contributed by atoms with Crippen molar-refractivity contribution >= 4 is 29.8 Å². The molecule has 3 aromatic rings. The zero-order valence-electron chi connectivity index (χ0n) is 26.5. The third-order valence-electron chi connectivity index (χ3n) is 9.01. The Hall–Kier alpha value is -4.40. The van der Waals surface area contributed by atoms with Crippen LogP contribution in [0.1, 0.15) is 80.6 Å². The highest BCUT2D eigenvalue weighted by Gasteiger charge is 2.57. The molecular formula is C36H39FN4O4. The lowest BCUT2D eigenvalue weighted by atomic mass is 9.79. The number of aryl methyl sites for hydroxylation is 1. The number of hydrogen-bond donors (Lipinski definition) is 0. The van der Waals surface area contributed by atoms with Crippen molar-refractivity contribution in [1.82, 2.24) is 14.9 Å². The van der Waals surface area contributed by atoms with E-state index in [0.29, 0.717) is 30.8 Å². The molecule has 1 spiro atoms. The molecule has 2 aliphatic carbocycles. The standard InChI is InChI=1S/C36H39FN4O4/c1-34(2,3)45-33(44)41-30-27(13-8-16-38-30)36(32(41)43)19-25-18-23(21-39-28(25)20-36)10-9-17-40(31(42)35(4,5)22-37)29-15-14-24-11-6-7-12-26(24)29/h6-13,16,18,21,29H,14-15,17,19-20,22H2,1-5H3/t29?,36-/m0/s1. The van der Waals surface area contributed by atoms with Gasteiger partial charge < -0.3 is 9.64 Å². The molecule has 2 atom stereocenters. The topological polar surface area (TPSA) is 92.7 Å². The molecule has 6 rings (SSSR count). The predicted octanol–water partition coefficient (Wildman–Crippen LogP) is 6.32. The summed E-state index contributed by atoms with van der Waals surface area (Å²) in [4.78, 5) is 52.7. The molecule has 9 heteroatoms. The number of rotatable bonds is 6. The second-order valence-electron chi connectivity index (χ2n) is 13.9. The lowest BCUT2D eigenvalue weighted by Gasteiger charge is -2.34. The summed E-state index contributed by atoms with van der Waals surface area (Å²) in [5.41, 5.74) is 2.70. The maximum Gasteiger partial charge on any atom is 0.423 e. The number of aromatic nitrogens is 2. The number of fused-ring (bicyclic) bond motifs is 4. The van der Waals surface area contributed by atoms with E-state index in [1.807, 2.05) is 36.4 Å². The van der Waals surface area contributed by atoms with Crippen molar-refractivity contribution in [3.05, 3.63) is 94.4 Å². The Morgan fingerprint density at radius 1 is 1.09 bits per heavy atom. The lowest BCUT2D eigenvalue weighted by molar-refractivity contribution is -0.143. The van der Waals surface area contributed by atoms with E-state index in [4.69, 9.17) is 9.72 Å². The van der Waals surface area contributed by atoms with Crippen LogP contribution in [0.4, 0.5) is 15.0 Å². The van der Waals surface area contributed by atoms with Crippen molar-refractivity contribution < 1.29 is 23.5 Å². The van der Waals surface area contributed by atoms with Gasteiger partial charge >= 0.3 is 6.09 Å². The fourth-order valence-corrected chi connectivity index (χ4v) is 6.79. The number of amides is 3. The van der Waals surface area contributed by atoms with Crippen molar-refractivity contribution in [2.24, 2.45) is 5.41 Å². The number of halogens is 1. The van der Waals surface area contributed by atoms with Crippen LogP contribution in [0.15, 0.2) is 60.9 Å². The van der Waals surface area contributed by atoms with Gasteiger partial charge in [0.2, 0.25) is 11.8 Å². The largest absolute Gasteiger partial charge is 0.443 e. The number of imide groups is 1. The first-order valence-corrected chi connectivity index (χ1v) is 15.5. The molecule has 0 fully saturated rings. The van der Waals surface area contributed by atoms with Crippen LogP contribution in [-0.2, 0) is 39.0 Å². The molecule has 3 amide bonds. The second kappa shape index (κ2) is 11.2. The van der Waals surface area contributed by atoms with Gasteiger partial charge in [0, 0.05) is 36.6 Å². The first-order chi connectivity index (χ1) is 21.3. The van der Waals surface area contributed by atoms with E-state index < -0.39 is 29.2 Å². The van der Waals surface area contributed by atoms with Crippen LogP contribution >= 0.6 is 0 Å². The predicted molar refractivity (Wildman–Crippen MR) is 169 cm³/mol. The molecule has 8 nitrogen and oxygen atoms in total. The number of nitrogens with zero attached hydrogens (tertiary/aromatic N) is 4. The molecule has 3 heterocycles. The molecule has 0 bridgehead atoms. The number of hydrogen-bond acceptors (Lipinski definition) is 6. The number of anilines is 1. The quantitative estimate of drug-likeness (QED) is 0.324. The van der Waals surface area contributed by atoms with Gasteiger partial charge in [-0.1, -0.05) is 42.5 Å². The van der Waals surface area contributed by atoms with Gasteiger partial charge in [-0.3, -0.25) is 14.6 Å². The minimum absolute atomic E-state index is 0.114. The lowest BCUT2D eigenvalue weighted by Crippen LogP contribution is -2.46. The van der Waals surface area contributed by atoms with Gasteiger partial charge in [0.25, 0.3) is 0 Å². The third kappa shape index (κ3) is 5.42. The summed E-state index contributed by atoms with van der Waals surface area (Å²) in [6, 6.07) is 13.7. The zero-order valence-corrected chi connectivity index (χ0v) is 26.5. The van der Waals surface area contributed by atoms with E-state index in [-0.39, 0.29) is 17.9 Å². The van der Waals surface area contributed by atoms with Crippen LogP contribution in [0.5, 0.6) is 0 Å². The Bertz CT molecular complexity index is 1710. The van der Waals surface area contributed by atoms with Gasteiger partial charge in [0.15, 0.2) is 0 Å². The van der Waals surface area contributed by atoms with Crippen molar-refractivity contribution in [3.63, 3.8) is 0 Å². The average molecular weight is 611 g/mol. The highest BCUT2D eigenvalue weighted by molar-refractivity contribution is 6.20. The normalized spacial score (nSPS) is 20.4. The van der Waals surface area contributed by atoms with Crippen molar-refractivity contribution in [2.75, 3.05) is 18.1 Å². The molecule has 0 radical (unpaired) electrons. The van der Waals surface area contributed by atoms with Crippen LogP contribution in [0.3, 0.4) is 0 Å². The summed E-state index contributed by atoms with van der Waals surface area (Å²) in [6.07, 6.45) is 8.83. The third-order valence-corrected chi connectivity index (χ3v) is 9.01. The minimum Gasteiger partial charge on any atom is -0.443 e. The Morgan fingerprint density at radius 2 is 1.87 bits per heavy atom. The Balaban J connectivity index is 1.24. The van der Waals surface area contributed by atoms with Crippen LogP contribution in [0.2, 0.25) is 0 Å². The maximum atomic E-state index is 14.0. The molecule has 3 aliphatic rings. The van der Waals surface area contributed by atoms with E-state index in [0.717, 1.165) is 40.1 Å². The van der Waals surface area contributed by atoms with Crippen LogP contribution < -0.4 is 4.90 Å². The molecule has 1 aromatic carbocycles. The molecule has 0 saturated heterocycles. The molecule has 1 aliphatic heterocycles. The number of pyridine rings is 2. The van der Waals surface area contributed by atoms with Gasteiger partial charge in [0.05, 0.1) is 16.9 Å². The highest BCUT2D eigenvalue weighted by atomic mass is 19.1. The maximum absolute atomic E-state index is 14.0. The van der Waals surface area contributed by atoms with E-state index >= 15 is 0 Å². The summed E-state index contributed by atoms with van der Waals surface area (Å²) in [5, 5.41) is 0. The van der Waals surface area contributed by atoms with E-state index in [2.05, 4.69) is 17.1 Å². The van der Waals surface area contributed by atoms with Gasteiger partial charge in [-0.15, -0.1) is 0 Å². The van der Waals surface area contributed by atoms with Crippen molar-refractivity contribution in [3.8, 4) is 0 Å². The van der Waals surface area contributed by atoms with Crippen LogP contribution in [0, 0.1) is 5.41 Å². The van der Waals surface area contributed by atoms with Crippen molar-refractivity contribution in [1.29, 1.82) is 0 Å². The molecule has 1 unspecified atom stereocenters. The van der Waals surface area contributed by atoms with Gasteiger partial charge in [0.1, 0.15) is 18.1 Å². The monoisotopic (exact) mass is 610 g/mol. The summed E-state index contributed by atoms with van der Waals surface area (Å²) in [7, 11) is 0. The van der Waals surface area contributed by atoms with Crippen LogP contribution in [0.25, 0.3) is 6.08 Å². The second-order valence-corrected chi connectivity index (χ2v) is 13.9. The van der Waals surface area contributed by atoms with Gasteiger partial charge in [-0.05, 0) is 88.3 Å². The van der Waals surface area contributed by atoms with E-state index in [1.165, 1.54) is 5.56 Å². The van der Waals surface area contributed by atoms with Crippen LogP contribution in [-0.4, -0.2) is 51.6 Å². The van der Waals surface area contributed by atoms with Gasteiger partial charge in [-0.2, -0.15) is 4.90 Å². The SMILES string of the molecule is CC(C)(C)OC(=O)N1C(=O)[C@]2(Cc3cc(C=CCN(C(=O)C(C)(C)CF)C4CCc5ccccc54)cnc3C2)c2cccnc21. The molecule has 0 N–H and O–H groups in total. The first kappa shape index (κ1) is 30.6. The number of carbonyl (C=O) groups is 3. The summed E-state index contributed by atoms with van der Waals surface area (Å²) in [5.74, 6) is -0.270. The number of alkyl halides is 1. The molecule has 45 heavy (non-hydrogen) atoms. The summed E-state index contributed by atoms with van der Waals surface area (Å²) in [6.45, 7) is 8.16. The smallest absolute Gasteiger partial charge is 0.423 e. The first-order valence-electron chi connectivity index (χ1n) is 15.5. The van der Waals surface area contributed by atoms with E-state index in [1.54, 1.807) is 58.0 Å². The van der Waals surface area contributed by atoms with Crippen molar-refractivity contribution in [2.45, 2.75) is 77.4 Å². The Kier molecular flexibility index (Phi) is 7.62. The molecule has 234 valence electrons. The Morgan fingerprint density at radius 3 is 2.62 bits per heavy atom. The minimum atomic E-state index is -1.12. The number of carbonyl (C=O) groups excluding carboxylic acids is 3. The molecule has 0 saturated carbocycles. The van der Waals surface area contributed by atoms with Gasteiger partial charge in [-0.25, -0.2) is 14.2 Å². The fourth-order valence-electron chi connectivity index (χ4n) is 6.79. The van der Waals surface area contributed by atoms with E-state index in [9.17, 15) is 18.8 Å². The molecule has 2 aromatic heterocycles. The summed E-state index contributed by atoms with van der Waals surface area (Å²) >= 11 is 0. The highest BCUT2D eigenvalue weighted by Crippen LogP contribution is 2.49. The summed E-state index contributed by atoms with van der Waals surface area (Å²) < 4.78 is 19.5. The average Bonchev–Trinajstić information content (AvgIpc) is 3.67. The number of ether oxygens (including phenoxy) is 1. The molecular weight excluding hydrogens is 571 g/mol. The zero-order chi connectivity index (χ0) is 32.1. The number of benzene rings is 1.